The van der Waals surface area contributed by atoms with Crippen LogP contribution in [0.15, 0.2) is 47.8 Å². The lowest BCUT2D eigenvalue weighted by Crippen LogP contribution is -2.39. The van der Waals surface area contributed by atoms with Crippen LogP contribution < -0.4 is 0 Å². The van der Waals surface area contributed by atoms with Crippen molar-refractivity contribution in [3.05, 3.63) is 60.3 Å². The Bertz CT molecular complexity index is 1000. The van der Waals surface area contributed by atoms with Gasteiger partial charge in [0.05, 0.1) is 25.5 Å². The van der Waals surface area contributed by atoms with Crippen LogP contribution in [0.4, 0.5) is 13.2 Å². The second kappa shape index (κ2) is 10.9. The number of nitrogens with zero attached hydrogens (tertiary/aromatic N) is 4. The predicted octanol–water partition coefficient (Wildman–Crippen LogP) is 1.99. The molecule has 3 rings (SSSR count). The van der Waals surface area contributed by atoms with Crippen molar-refractivity contribution in [1.29, 1.82) is 0 Å². The third kappa shape index (κ3) is 6.04. The molecule has 32 heavy (non-hydrogen) atoms. The summed E-state index contributed by atoms with van der Waals surface area (Å²) in [5.74, 6) is -4.30. The molecule has 0 bridgehead atoms. The standard InChI is InChI=1S/C20H21F3N4O4S/c1-11(29)18(10-28)31-20(32-13-2-4-24-5-3-13)17(30)9-27-8-16(25-26-27)12-6-14(21)19(23)15(22)7-12/h2-8,11,17-18,20,28-30H,9-10H2,1H3/t11-,17+,18?,20?/m1/s1. The molecule has 2 unspecified atom stereocenters. The molecule has 12 heteroatoms. The summed E-state index contributed by atoms with van der Waals surface area (Å²) in [5, 5.41) is 37.7. The Hall–Kier alpha value is -2.51. The number of benzene rings is 1. The Morgan fingerprint density at radius 1 is 1.12 bits per heavy atom. The van der Waals surface area contributed by atoms with E-state index in [2.05, 4.69) is 15.3 Å². The number of halogens is 3. The van der Waals surface area contributed by atoms with Crippen LogP contribution in [0, 0.1) is 17.5 Å². The van der Waals surface area contributed by atoms with E-state index in [1.807, 2.05) is 0 Å². The third-order valence-corrected chi connectivity index (χ3v) is 5.64. The smallest absolute Gasteiger partial charge is 0.194 e. The minimum atomic E-state index is -1.58. The largest absolute Gasteiger partial charge is 0.394 e. The summed E-state index contributed by atoms with van der Waals surface area (Å²) < 4.78 is 47.1. The Balaban J connectivity index is 1.77. The lowest BCUT2D eigenvalue weighted by molar-refractivity contribution is -0.0972. The molecule has 3 aromatic rings. The number of pyridine rings is 1. The van der Waals surface area contributed by atoms with Crippen molar-refractivity contribution in [3.8, 4) is 11.3 Å². The van der Waals surface area contributed by atoms with Gasteiger partial charge in [0.15, 0.2) is 17.5 Å². The fourth-order valence-corrected chi connectivity index (χ4v) is 3.72. The Labute approximate surface area is 185 Å². The molecule has 0 saturated carbocycles. The van der Waals surface area contributed by atoms with Crippen LogP contribution >= 0.6 is 11.8 Å². The van der Waals surface area contributed by atoms with Gasteiger partial charge in [-0.05, 0) is 31.2 Å². The summed E-state index contributed by atoms with van der Waals surface area (Å²) in [6.45, 7) is 0.860. The van der Waals surface area contributed by atoms with E-state index in [0.29, 0.717) is 0 Å². The average molecular weight is 470 g/mol. The molecule has 0 fully saturated rings. The van der Waals surface area contributed by atoms with Gasteiger partial charge in [0.1, 0.15) is 23.3 Å². The highest BCUT2D eigenvalue weighted by Gasteiger charge is 2.28. The van der Waals surface area contributed by atoms with Gasteiger partial charge in [-0.1, -0.05) is 17.0 Å². The van der Waals surface area contributed by atoms with E-state index in [-0.39, 0.29) is 17.8 Å². The van der Waals surface area contributed by atoms with Crippen molar-refractivity contribution in [2.75, 3.05) is 6.61 Å². The predicted molar refractivity (Wildman–Crippen MR) is 109 cm³/mol. The number of aliphatic hydroxyl groups is 3. The zero-order chi connectivity index (χ0) is 23.3. The van der Waals surface area contributed by atoms with Gasteiger partial charge in [-0.25, -0.2) is 17.9 Å². The van der Waals surface area contributed by atoms with E-state index in [1.165, 1.54) is 17.8 Å². The van der Waals surface area contributed by atoms with Gasteiger partial charge in [-0.15, -0.1) is 5.10 Å². The molecule has 4 atom stereocenters. The molecule has 0 aliphatic rings. The van der Waals surface area contributed by atoms with Gasteiger partial charge in [0.2, 0.25) is 0 Å². The maximum atomic E-state index is 13.5. The minimum Gasteiger partial charge on any atom is -0.394 e. The lowest BCUT2D eigenvalue weighted by atomic mass is 10.1. The first kappa shape index (κ1) is 24.1. The molecule has 0 spiro atoms. The Kier molecular flexibility index (Phi) is 8.21. The van der Waals surface area contributed by atoms with Gasteiger partial charge in [0, 0.05) is 22.9 Å². The summed E-state index contributed by atoms with van der Waals surface area (Å²) >= 11 is 1.15. The first-order valence-corrected chi connectivity index (χ1v) is 10.4. The van der Waals surface area contributed by atoms with Crippen LogP contribution in [-0.2, 0) is 11.3 Å². The van der Waals surface area contributed by atoms with E-state index < -0.39 is 47.8 Å². The van der Waals surface area contributed by atoms with Gasteiger partial charge >= 0.3 is 0 Å². The van der Waals surface area contributed by atoms with Crippen LogP contribution in [0.5, 0.6) is 0 Å². The van der Waals surface area contributed by atoms with E-state index >= 15 is 0 Å². The Morgan fingerprint density at radius 2 is 1.78 bits per heavy atom. The SMILES string of the molecule is C[C@@H](O)C(CO)OC(Sc1ccncc1)[C@@H](O)Cn1cc(-c2cc(F)c(F)c(F)c2)nn1. The van der Waals surface area contributed by atoms with Crippen molar-refractivity contribution in [3.63, 3.8) is 0 Å². The van der Waals surface area contributed by atoms with Crippen molar-refractivity contribution in [2.45, 2.75) is 42.1 Å². The van der Waals surface area contributed by atoms with Gasteiger partial charge in [-0.2, -0.15) is 0 Å². The summed E-state index contributed by atoms with van der Waals surface area (Å²) in [4.78, 5) is 4.65. The molecule has 0 aliphatic carbocycles. The van der Waals surface area contributed by atoms with E-state index in [0.717, 1.165) is 28.8 Å². The molecule has 0 radical (unpaired) electrons. The molecule has 2 aromatic heterocycles. The van der Waals surface area contributed by atoms with Gasteiger partial charge in [0.25, 0.3) is 0 Å². The first-order valence-electron chi connectivity index (χ1n) is 9.52. The quantitative estimate of drug-likeness (QED) is 0.234. The topological polar surface area (TPSA) is 114 Å². The van der Waals surface area contributed by atoms with E-state index in [4.69, 9.17) is 4.74 Å². The maximum absolute atomic E-state index is 13.5. The van der Waals surface area contributed by atoms with Gasteiger partial charge in [-0.3, -0.25) is 4.98 Å². The van der Waals surface area contributed by atoms with Crippen molar-refractivity contribution >= 4 is 11.8 Å². The molecule has 0 amide bonds. The normalized spacial score (nSPS) is 15.3. The monoisotopic (exact) mass is 470 g/mol. The van der Waals surface area contributed by atoms with Crippen molar-refractivity contribution in [2.24, 2.45) is 0 Å². The molecular formula is C20H21F3N4O4S. The lowest BCUT2D eigenvalue weighted by Gasteiger charge is -2.28. The second-order valence-corrected chi connectivity index (χ2v) is 8.09. The zero-order valence-corrected chi connectivity index (χ0v) is 17.7. The summed E-state index contributed by atoms with van der Waals surface area (Å²) in [5.41, 5.74) is -0.862. The highest BCUT2D eigenvalue weighted by atomic mass is 32.2. The van der Waals surface area contributed by atoms with Crippen molar-refractivity contribution < 1.29 is 33.2 Å². The number of rotatable bonds is 10. The molecule has 0 aliphatic heterocycles. The number of aromatic nitrogens is 4. The van der Waals surface area contributed by atoms with E-state index in [9.17, 15) is 28.5 Å². The zero-order valence-electron chi connectivity index (χ0n) is 16.8. The van der Waals surface area contributed by atoms with Crippen LogP contribution in [-0.4, -0.2) is 65.7 Å². The molecule has 172 valence electrons. The van der Waals surface area contributed by atoms with Gasteiger partial charge < -0.3 is 20.1 Å². The number of thioether (sulfide) groups is 1. The van der Waals surface area contributed by atoms with Crippen molar-refractivity contribution in [1.82, 2.24) is 20.0 Å². The summed E-state index contributed by atoms with van der Waals surface area (Å²) in [6.07, 6.45) is 1.34. The molecule has 8 nitrogen and oxygen atoms in total. The number of hydrogen-bond acceptors (Lipinski definition) is 8. The number of ether oxygens (including phenoxy) is 1. The minimum absolute atomic E-state index is 0.0180. The van der Waals surface area contributed by atoms with Crippen LogP contribution in [0.25, 0.3) is 11.3 Å². The molecule has 0 saturated heterocycles. The fraction of sp³-hybridized carbons (Fsp3) is 0.350. The summed E-state index contributed by atoms with van der Waals surface area (Å²) in [7, 11) is 0. The summed E-state index contributed by atoms with van der Waals surface area (Å²) in [6, 6.07) is 5.00. The maximum Gasteiger partial charge on any atom is 0.194 e. The number of aliphatic hydroxyl groups excluding tert-OH is 3. The molecule has 1 aromatic carbocycles. The van der Waals surface area contributed by atoms with Crippen LogP contribution in [0.3, 0.4) is 0 Å². The molecule has 3 N–H and O–H groups in total. The number of hydrogen-bond donors (Lipinski definition) is 3. The van der Waals surface area contributed by atoms with Crippen LogP contribution in [0.1, 0.15) is 6.92 Å². The Morgan fingerprint density at radius 3 is 2.38 bits per heavy atom. The molecule has 2 heterocycles. The highest BCUT2D eigenvalue weighted by Crippen LogP contribution is 2.28. The third-order valence-electron chi connectivity index (χ3n) is 4.44. The highest BCUT2D eigenvalue weighted by molar-refractivity contribution is 7.99. The molecular weight excluding hydrogens is 449 g/mol. The van der Waals surface area contributed by atoms with Crippen LogP contribution in [0.2, 0.25) is 0 Å². The second-order valence-electron chi connectivity index (χ2n) is 6.91. The average Bonchev–Trinajstić information content (AvgIpc) is 3.23. The first-order chi connectivity index (χ1) is 15.3. The van der Waals surface area contributed by atoms with E-state index in [1.54, 1.807) is 24.5 Å². The fourth-order valence-electron chi connectivity index (χ4n) is 2.73.